The van der Waals surface area contributed by atoms with E-state index in [2.05, 4.69) is 13.5 Å². The van der Waals surface area contributed by atoms with Gasteiger partial charge in [0.2, 0.25) is 0 Å². The molecule has 0 N–H and O–H groups in total. The van der Waals surface area contributed by atoms with Gasteiger partial charge in [-0.3, -0.25) is 0 Å². The van der Waals surface area contributed by atoms with Crippen LogP contribution in [-0.4, -0.2) is 24.1 Å². The van der Waals surface area contributed by atoms with Crippen LogP contribution >= 0.6 is 0 Å². The summed E-state index contributed by atoms with van der Waals surface area (Å²) in [5, 5.41) is 0. The molecule has 0 aromatic rings. The Labute approximate surface area is 197 Å². The lowest BCUT2D eigenvalue weighted by Gasteiger charge is -2.34. The fourth-order valence-electron chi connectivity index (χ4n) is 4.37. The number of esters is 2. The molecule has 1 rings (SSSR count). The van der Waals surface area contributed by atoms with Gasteiger partial charge in [0, 0.05) is 11.1 Å². The molecule has 0 atom stereocenters. The van der Waals surface area contributed by atoms with Gasteiger partial charge in [0.1, 0.15) is 5.60 Å². The second-order valence-corrected chi connectivity index (χ2v) is 9.65. The molecule has 0 amide bonds. The van der Waals surface area contributed by atoms with Gasteiger partial charge in [0.25, 0.3) is 0 Å². The predicted molar refractivity (Wildman–Crippen MR) is 133 cm³/mol. The molecule has 32 heavy (non-hydrogen) atoms. The topological polar surface area (TPSA) is 52.6 Å². The fourth-order valence-corrected chi connectivity index (χ4v) is 4.37. The normalized spacial score (nSPS) is 15.9. The highest BCUT2D eigenvalue weighted by Gasteiger charge is 2.35. The smallest absolute Gasteiger partial charge is 0.333 e. The van der Waals surface area contributed by atoms with Crippen LogP contribution in [0.2, 0.25) is 0 Å². The molecule has 4 heteroatoms. The van der Waals surface area contributed by atoms with Crippen LogP contribution in [-0.2, 0) is 19.1 Å². The van der Waals surface area contributed by atoms with Crippen LogP contribution in [0.4, 0.5) is 0 Å². The Hall–Kier alpha value is -1.58. The average Bonchev–Trinajstić information content (AvgIpc) is 2.77. The molecule has 0 spiro atoms. The first kappa shape index (κ1) is 28.5. The van der Waals surface area contributed by atoms with Crippen LogP contribution in [0.25, 0.3) is 0 Å². The van der Waals surface area contributed by atoms with Gasteiger partial charge in [-0.2, -0.15) is 0 Å². The quantitative estimate of drug-likeness (QED) is 0.128. The maximum atomic E-state index is 12.4. The first-order chi connectivity index (χ1) is 15.4. The molecule has 0 aromatic carbocycles. The molecule has 1 fully saturated rings. The molecule has 0 saturated heterocycles. The van der Waals surface area contributed by atoms with Crippen LogP contribution in [0.1, 0.15) is 130 Å². The van der Waals surface area contributed by atoms with Crippen molar-refractivity contribution in [2.75, 3.05) is 6.61 Å². The Kier molecular flexibility index (Phi) is 15.1. The molecule has 0 aromatic heterocycles. The van der Waals surface area contributed by atoms with Crippen LogP contribution in [0.5, 0.6) is 0 Å². The zero-order valence-corrected chi connectivity index (χ0v) is 21.1. The summed E-state index contributed by atoms with van der Waals surface area (Å²) in [5.41, 5.74) is 0.212. The summed E-state index contributed by atoms with van der Waals surface area (Å²) in [5.74, 6) is -0.690. The Morgan fingerprint density at radius 1 is 0.781 bits per heavy atom. The second-order valence-electron chi connectivity index (χ2n) is 9.65. The molecule has 0 heterocycles. The molecular formula is C28H48O4. The van der Waals surface area contributed by atoms with E-state index in [1.807, 2.05) is 6.08 Å². The Morgan fingerprint density at radius 3 is 1.78 bits per heavy atom. The van der Waals surface area contributed by atoms with Gasteiger partial charge >= 0.3 is 11.9 Å². The Morgan fingerprint density at radius 2 is 1.28 bits per heavy atom. The molecule has 1 saturated carbocycles. The molecule has 1 aliphatic rings. The number of ether oxygens (including phenoxy) is 2. The van der Waals surface area contributed by atoms with Gasteiger partial charge < -0.3 is 9.47 Å². The summed E-state index contributed by atoms with van der Waals surface area (Å²) in [4.78, 5) is 24.5. The van der Waals surface area contributed by atoms with Crippen molar-refractivity contribution in [3.05, 3.63) is 23.8 Å². The monoisotopic (exact) mass is 448 g/mol. The van der Waals surface area contributed by atoms with Gasteiger partial charge in [-0.05, 0) is 52.0 Å². The maximum Gasteiger partial charge on any atom is 0.333 e. The van der Waals surface area contributed by atoms with E-state index in [0.29, 0.717) is 17.8 Å². The third-order valence-electron chi connectivity index (χ3n) is 6.38. The zero-order valence-electron chi connectivity index (χ0n) is 21.1. The van der Waals surface area contributed by atoms with Crippen LogP contribution in [0.3, 0.4) is 0 Å². The number of hydrogen-bond donors (Lipinski definition) is 0. The number of rotatable bonds is 17. The predicted octanol–water partition coefficient (Wildman–Crippen LogP) is 8.00. The van der Waals surface area contributed by atoms with Gasteiger partial charge in [0.05, 0.1) is 6.61 Å². The van der Waals surface area contributed by atoms with E-state index >= 15 is 0 Å². The van der Waals surface area contributed by atoms with Gasteiger partial charge in [-0.1, -0.05) is 90.6 Å². The van der Waals surface area contributed by atoms with E-state index < -0.39 is 5.60 Å². The molecule has 4 nitrogen and oxygen atoms in total. The summed E-state index contributed by atoms with van der Waals surface area (Å²) in [6.07, 6.45) is 21.8. The summed E-state index contributed by atoms with van der Waals surface area (Å²) in [7, 11) is 0. The van der Waals surface area contributed by atoms with Crippen LogP contribution in [0.15, 0.2) is 23.8 Å². The second kappa shape index (κ2) is 17.0. The first-order valence-corrected chi connectivity index (χ1v) is 13.2. The Balaban J connectivity index is 2.22. The molecule has 0 radical (unpaired) electrons. The van der Waals surface area contributed by atoms with E-state index in [1.165, 1.54) is 64.2 Å². The number of carbonyl (C=O) groups excluding carboxylic acids is 2. The molecule has 0 unspecified atom stereocenters. The summed E-state index contributed by atoms with van der Waals surface area (Å²) >= 11 is 0. The minimum Gasteiger partial charge on any atom is -0.462 e. The molecule has 184 valence electrons. The third-order valence-corrected chi connectivity index (χ3v) is 6.38. The summed E-state index contributed by atoms with van der Waals surface area (Å²) < 4.78 is 11.2. The van der Waals surface area contributed by atoms with Gasteiger partial charge in [-0.25, -0.2) is 9.59 Å². The lowest BCUT2D eigenvalue weighted by Crippen LogP contribution is -2.36. The van der Waals surface area contributed by atoms with Crippen molar-refractivity contribution in [2.45, 2.75) is 136 Å². The van der Waals surface area contributed by atoms with E-state index in [9.17, 15) is 9.59 Å². The number of carbonyl (C=O) groups is 2. The standard InChI is InChI=1S/C28H48O4/c1-5-6-7-8-9-10-11-12-13-14-15-19-22-31-27(30)25(4)23-28(20-17-16-18-21-28)32-26(29)24(2)3/h23H,2,5-22H2,1,3-4H3. The van der Waals surface area contributed by atoms with Gasteiger partial charge in [-0.15, -0.1) is 0 Å². The lowest BCUT2D eigenvalue weighted by atomic mass is 9.83. The van der Waals surface area contributed by atoms with E-state index in [-0.39, 0.29) is 11.9 Å². The lowest BCUT2D eigenvalue weighted by molar-refractivity contribution is -0.153. The Bertz CT molecular complexity index is 584. The summed E-state index contributed by atoms with van der Waals surface area (Å²) in [6, 6.07) is 0. The van der Waals surface area contributed by atoms with Gasteiger partial charge in [0.15, 0.2) is 0 Å². The molecule has 0 aliphatic heterocycles. The van der Waals surface area contributed by atoms with Crippen molar-refractivity contribution in [3.63, 3.8) is 0 Å². The number of unbranched alkanes of at least 4 members (excludes halogenated alkanes) is 11. The van der Waals surface area contributed by atoms with E-state index in [1.54, 1.807) is 13.8 Å². The van der Waals surface area contributed by atoms with E-state index in [4.69, 9.17) is 9.47 Å². The van der Waals surface area contributed by atoms with Crippen LogP contribution in [0, 0.1) is 0 Å². The molecule has 0 bridgehead atoms. The zero-order chi connectivity index (χ0) is 23.7. The third kappa shape index (κ3) is 12.5. The summed E-state index contributed by atoms with van der Waals surface area (Å²) in [6.45, 7) is 9.81. The minimum absolute atomic E-state index is 0.301. The largest absolute Gasteiger partial charge is 0.462 e. The minimum atomic E-state index is -0.701. The number of hydrogen-bond acceptors (Lipinski definition) is 4. The van der Waals surface area contributed by atoms with Crippen molar-refractivity contribution >= 4 is 11.9 Å². The van der Waals surface area contributed by atoms with Crippen molar-refractivity contribution < 1.29 is 19.1 Å². The van der Waals surface area contributed by atoms with Crippen molar-refractivity contribution in [1.82, 2.24) is 0 Å². The maximum absolute atomic E-state index is 12.4. The van der Waals surface area contributed by atoms with E-state index in [0.717, 1.165) is 44.9 Å². The highest BCUT2D eigenvalue weighted by molar-refractivity contribution is 5.89. The SMILES string of the molecule is C=C(C)C(=O)OC1(C=C(C)C(=O)OCCCCCCCCCCCCCC)CCCCC1. The highest BCUT2D eigenvalue weighted by atomic mass is 16.6. The molecular weight excluding hydrogens is 400 g/mol. The van der Waals surface area contributed by atoms with Crippen molar-refractivity contribution in [1.29, 1.82) is 0 Å². The van der Waals surface area contributed by atoms with Crippen LogP contribution < -0.4 is 0 Å². The van der Waals surface area contributed by atoms with Crippen molar-refractivity contribution in [3.8, 4) is 0 Å². The fraction of sp³-hybridized carbons (Fsp3) is 0.786. The highest BCUT2D eigenvalue weighted by Crippen LogP contribution is 2.34. The molecule has 1 aliphatic carbocycles. The first-order valence-electron chi connectivity index (χ1n) is 13.2. The van der Waals surface area contributed by atoms with Crippen molar-refractivity contribution in [2.24, 2.45) is 0 Å². The average molecular weight is 449 g/mol.